The maximum atomic E-state index is 12.4. The van der Waals surface area contributed by atoms with Crippen molar-refractivity contribution >= 4 is 10.0 Å². The number of hydrogen-bond donors (Lipinski definition) is 1. The van der Waals surface area contributed by atoms with Gasteiger partial charge in [0.25, 0.3) is 0 Å². The Hall–Kier alpha value is -1.67. The second-order valence-electron chi connectivity index (χ2n) is 4.02. The van der Waals surface area contributed by atoms with Crippen molar-refractivity contribution in [2.45, 2.75) is 25.3 Å². The fourth-order valence-corrected chi connectivity index (χ4v) is 3.15. The summed E-state index contributed by atoms with van der Waals surface area (Å²) in [6.45, 7) is 3.43. The van der Waals surface area contributed by atoms with Gasteiger partial charge in [-0.05, 0) is 13.8 Å². The second-order valence-corrected chi connectivity index (χ2v) is 6.00. The molecule has 0 radical (unpaired) electrons. The fraction of sp³-hybridized carbons (Fsp3) is 0.400. The third-order valence-electron chi connectivity index (χ3n) is 2.60. The standard InChI is InChI=1S/C10H14N4O3S/c1-7-10(8(2)17-13-7)18(15,16)14(3)6-9-4-11-12-5-9/h4-5H,6H2,1-3H3,(H,11,12). The lowest BCUT2D eigenvalue weighted by atomic mass is 10.4. The molecule has 2 aromatic heterocycles. The van der Waals surface area contributed by atoms with E-state index in [9.17, 15) is 8.42 Å². The summed E-state index contributed by atoms with van der Waals surface area (Å²) in [5.74, 6) is 0.298. The van der Waals surface area contributed by atoms with E-state index in [0.29, 0.717) is 11.5 Å². The molecule has 2 rings (SSSR count). The van der Waals surface area contributed by atoms with Gasteiger partial charge < -0.3 is 4.52 Å². The Morgan fingerprint density at radius 3 is 2.67 bits per heavy atom. The van der Waals surface area contributed by atoms with E-state index in [-0.39, 0.29) is 11.4 Å². The fourth-order valence-electron chi connectivity index (χ4n) is 1.70. The van der Waals surface area contributed by atoms with Crippen molar-refractivity contribution in [3.63, 3.8) is 0 Å². The number of nitrogens with one attached hydrogen (secondary N) is 1. The molecule has 0 atom stereocenters. The van der Waals surface area contributed by atoms with E-state index in [1.807, 2.05) is 0 Å². The molecule has 0 aromatic carbocycles. The highest BCUT2D eigenvalue weighted by molar-refractivity contribution is 7.89. The lowest BCUT2D eigenvalue weighted by Gasteiger charge is -2.15. The summed E-state index contributed by atoms with van der Waals surface area (Å²) in [5.41, 5.74) is 1.15. The van der Waals surface area contributed by atoms with Gasteiger partial charge in [-0.1, -0.05) is 5.16 Å². The molecule has 2 aromatic rings. The van der Waals surface area contributed by atoms with Gasteiger partial charge in [0.2, 0.25) is 10.0 Å². The van der Waals surface area contributed by atoms with E-state index in [1.54, 1.807) is 26.2 Å². The SMILES string of the molecule is Cc1noc(C)c1S(=O)(=O)N(C)Cc1cn[nH]c1. The molecule has 8 heteroatoms. The van der Waals surface area contributed by atoms with Crippen molar-refractivity contribution in [1.29, 1.82) is 0 Å². The van der Waals surface area contributed by atoms with Crippen LogP contribution >= 0.6 is 0 Å². The van der Waals surface area contributed by atoms with Crippen LogP contribution in [0.5, 0.6) is 0 Å². The van der Waals surface area contributed by atoms with Crippen LogP contribution in [0.3, 0.4) is 0 Å². The first-order valence-electron chi connectivity index (χ1n) is 5.30. The average Bonchev–Trinajstić information content (AvgIpc) is 2.89. The number of aromatic nitrogens is 3. The molecular weight excluding hydrogens is 256 g/mol. The van der Waals surface area contributed by atoms with Gasteiger partial charge >= 0.3 is 0 Å². The molecule has 1 N–H and O–H groups in total. The molecule has 0 aliphatic rings. The number of sulfonamides is 1. The van der Waals surface area contributed by atoms with Crippen molar-refractivity contribution in [3.05, 3.63) is 29.4 Å². The van der Waals surface area contributed by atoms with Crippen LogP contribution in [0.1, 0.15) is 17.0 Å². The van der Waals surface area contributed by atoms with Crippen molar-refractivity contribution in [2.24, 2.45) is 0 Å². The van der Waals surface area contributed by atoms with Gasteiger partial charge in [0.15, 0.2) is 5.76 Å². The molecule has 0 amide bonds. The van der Waals surface area contributed by atoms with Crippen molar-refractivity contribution in [3.8, 4) is 0 Å². The number of aromatic amines is 1. The second kappa shape index (κ2) is 4.54. The zero-order chi connectivity index (χ0) is 13.3. The van der Waals surface area contributed by atoms with E-state index in [0.717, 1.165) is 5.56 Å². The van der Waals surface area contributed by atoms with Gasteiger partial charge in [0.05, 0.1) is 6.20 Å². The molecule has 0 aliphatic heterocycles. The Labute approximate surface area is 105 Å². The van der Waals surface area contributed by atoms with Crippen LogP contribution in [0.4, 0.5) is 0 Å². The summed E-state index contributed by atoms with van der Waals surface area (Å²) in [7, 11) is -2.09. The molecule has 0 bridgehead atoms. The van der Waals surface area contributed by atoms with E-state index in [2.05, 4.69) is 15.4 Å². The van der Waals surface area contributed by atoms with E-state index >= 15 is 0 Å². The van der Waals surface area contributed by atoms with Gasteiger partial charge in [-0.15, -0.1) is 0 Å². The largest absolute Gasteiger partial charge is 0.360 e. The quantitative estimate of drug-likeness (QED) is 0.888. The topological polar surface area (TPSA) is 92.1 Å². The molecule has 0 spiro atoms. The zero-order valence-electron chi connectivity index (χ0n) is 10.3. The first-order chi connectivity index (χ1) is 8.43. The van der Waals surface area contributed by atoms with E-state index in [4.69, 9.17) is 4.52 Å². The first kappa shape index (κ1) is 12.8. The molecule has 0 saturated carbocycles. The van der Waals surface area contributed by atoms with Crippen LogP contribution in [0.2, 0.25) is 0 Å². The number of hydrogen-bond acceptors (Lipinski definition) is 5. The number of aryl methyl sites for hydroxylation is 2. The molecule has 0 unspecified atom stereocenters. The van der Waals surface area contributed by atoms with Crippen molar-refractivity contribution in [2.75, 3.05) is 7.05 Å². The Balaban J connectivity index is 2.32. The number of nitrogens with zero attached hydrogens (tertiary/aromatic N) is 3. The summed E-state index contributed by atoms with van der Waals surface area (Å²) in [6, 6.07) is 0. The lowest BCUT2D eigenvalue weighted by Crippen LogP contribution is -2.27. The molecule has 0 saturated heterocycles. The Bertz CT molecular complexity index is 611. The monoisotopic (exact) mass is 270 g/mol. The predicted molar refractivity (Wildman–Crippen MR) is 63.2 cm³/mol. The zero-order valence-corrected chi connectivity index (χ0v) is 11.2. The summed E-state index contributed by atoms with van der Waals surface area (Å²) in [4.78, 5) is 0.133. The molecule has 0 aliphatic carbocycles. The van der Waals surface area contributed by atoms with Crippen molar-refractivity contribution in [1.82, 2.24) is 19.7 Å². The number of rotatable bonds is 4. The van der Waals surface area contributed by atoms with Crippen LogP contribution in [-0.2, 0) is 16.6 Å². The normalized spacial score (nSPS) is 12.2. The minimum absolute atomic E-state index is 0.133. The Kier molecular flexibility index (Phi) is 3.22. The van der Waals surface area contributed by atoms with Gasteiger partial charge in [0.1, 0.15) is 10.6 Å². The minimum atomic E-state index is -3.60. The Morgan fingerprint density at radius 2 is 2.17 bits per heavy atom. The van der Waals surface area contributed by atoms with Gasteiger partial charge in [-0.25, -0.2) is 8.42 Å². The van der Waals surface area contributed by atoms with Crippen LogP contribution < -0.4 is 0 Å². The lowest BCUT2D eigenvalue weighted by molar-refractivity contribution is 0.389. The molecule has 0 fully saturated rings. The van der Waals surface area contributed by atoms with Gasteiger partial charge in [-0.3, -0.25) is 5.10 Å². The van der Waals surface area contributed by atoms with Crippen molar-refractivity contribution < 1.29 is 12.9 Å². The predicted octanol–water partition coefficient (Wildman–Crippen LogP) is 0.835. The highest BCUT2D eigenvalue weighted by Gasteiger charge is 2.28. The number of H-pyrrole nitrogens is 1. The van der Waals surface area contributed by atoms with E-state index in [1.165, 1.54) is 11.4 Å². The summed E-state index contributed by atoms with van der Waals surface area (Å²) in [5, 5.41) is 10.1. The smallest absolute Gasteiger partial charge is 0.248 e. The molecule has 18 heavy (non-hydrogen) atoms. The molecular formula is C10H14N4O3S. The average molecular weight is 270 g/mol. The summed E-state index contributed by atoms with van der Waals surface area (Å²) in [6.07, 6.45) is 3.23. The molecule has 98 valence electrons. The highest BCUT2D eigenvalue weighted by Crippen LogP contribution is 2.23. The minimum Gasteiger partial charge on any atom is -0.360 e. The maximum Gasteiger partial charge on any atom is 0.248 e. The molecule has 7 nitrogen and oxygen atoms in total. The van der Waals surface area contributed by atoms with Crippen LogP contribution in [0.25, 0.3) is 0 Å². The summed E-state index contributed by atoms with van der Waals surface area (Å²) < 4.78 is 30.8. The highest BCUT2D eigenvalue weighted by atomic mass is 32.2. The first-order valence-corrected chi connectivity index (χ1v) is 6.74. The maximum absolute atomic E-state index is 12.4. The van der Waals surface area contributed by atoms with Crippen LogP contribution in [-0.4, -0.2) is 35.1 Å². The van der Waals surface area contributed by atoms with Crippen LogP contribution in [0.15, 0.2) is 21.8 Å². The third kappa shape index (κ3) is 2.16. The molecule has 2 heterocycles. The third-order valence-corrected chi connectivity index (χ3v) is 4.64. The summed E-state index contributed by atoms with van der Waals surface area (Å²) >= 11 is 0. The van der Waals surface area contributed by atoms with Gasteiger partial charge in [0, 0.05) is 25.4 Å². The van der Waals surface area contributed by atoms with Gasteiger partial charge in [-0.2, -0.15) is 9.40 Å². The van der Waals surface area contributed by atoms with Crippen LogP contribution in [0, 0.1) is 13.8 Å². The Morgan fingerprint density at radius 1 is 1.44 bits per heavy atom. The van der Waals surface area contributed by atoms with E-state index < -0.39 is 10.0 Å².